The molecular weight excluding hydrogens is 232 g/mol. The summed E-state index contributed by atoms with van der Waals surface area (Å²) in [6, 6.07) is 2.58. The van der Waals surface area contributed by atoms with E-state index in [0.29, 0.717) is 0 Å². The van der Waals surface area contributed by atoms with Gasteiger partial charge in [-0.3, -0.25) is 4.79 Å². The molecule has 1 aromatic rings. The molecule has 0 radical (unpaired) electrons. The number of ether oxygens (including phenoxy) is 1. The molecule has 0 atom stereocenters. The first kappa shape index (κ1) is 12.8. The largest absolute Gasteiger partial charge is 0.469 e. The number of nitrogens with zero attached hydrogens (tertiary/aromatic N) is 2. The Hall–Kier alpha value is -2.23. The van der Waals surface area contributed by atoms with Crippen LogP contribution in [0.2, 0.25) is 0 Å². The van der Waals surface area contributed by atoms with Gasteiger partial charge in [-0.05, 0) is 6.07 Å². The maximum atomic E-state index is 12.5. The van der Waals surface area contributed by atoms with Crippen LogP contribution in [0.1, 0.15) is 23.4 Å². The second kappa shape index (κ2) is 5.21. The molecule has 90 valence electrons. The first-order chi connectivity index (χ1) is 7.99. The van der Waals surface area contributed by atoms with E-state index in [4.69, 9.17) is 11.0 Å². The summed E-state index contributed by atoms with van der Waals surface area (Å²) in [6.07, 6.45) is -3.18. The van der Waals surface area contributed by atoms with Crippen LogP contribution in [0.4, 0.5) is 14.5 Å². The molecule has 1 rings (SSSR count). The number of carbonyl (C=O) groups excluding carboxylic acids is 1. The van der Waals surface area contributed by atoms with Gasteiger partial charge in [-0.2, -0.15) is 5.26 Å². The molecule has 0 aliphatic carbocycles. The van der Waals surface area contributed by atoms with E-state index in [1.807, 2.05) is 0 Å². The van der Waals surface area contributed by atoms with Crippen LogP contribution in [0.3, 0.4) is 0 Å². The third-order valence-corrected chi connectivity index (χ3v) is 2.04. The third-order valence-electron chi connectivity index (χ3n) is 2.04. The molecule has 0 aliphatic rings. The quantitative estimate of drug-likeness (QED) is 0.803. The molecule has 0 saturated carbocycles. The lowest BCUT2D eigenvalue weighted by Crippen LogP contribution is -2.11. The zero-order chi connectivity index (χ0) is 13.0. The SMILES string of the molecule is COC(=O)Cc1nc(C(F)F)cc(C#N)c1N. The number of nitrogens with two attached hydrogens (primary N) is 1. The number of nitrogen functional groups attached to an aromatic ring is 1. The Balaban J connectivity index is 3.24. The number of hydrogen-bond acceptors (Lipinski definition) is 5. The lowest BCUT2D eigenvalue weighted by Gasteiger charge is -2.08. The topological polar surface area (TPSA) is 89.0 Å². The molecule has 1 heterocycles. The molecule has 5 nitrogen and oxygen atoms in total. The van der Waals surface area contributed by atoms with E-state index in [1.165, 1.54) is 0 Å². The van der Waals surface area contributed by atoms with E-state index in [9.17, 15) is 13.6 Å². The first-order valence-corrected chi connectivity index (χ1v) is 4.54. The Morgan fingerprint density at radius 2 is 2.35 bits per heavy atom. The number of methoxy groups -OCH3 is 1. The van der Waals surface area contributed by atoms with Gasteiger partial charge in [-0.1, -0.05) is 0 Å². The van der Waals surface area contributed by atoms with Gasteiger partial charge in [-0.15, -0.1) is 0 Å². The van der Waals surface area contributed by atoms with Gasteiger partial charge in [0.2, 0.25) is 0 Å². The van der Waals surface area contributed by atoms with Crippen molar-refractivity contribution in [3.8, 4) is 6.07 Å². The fraction of sp³-hybridized carbons (Fsp3) is 0.300. The highest BCUT2D eigenvalue weighted by molar-refractivity contribution is 5.75. The Labute approximate surface area is 95.8 Å². The number of rotatable bonds is 3. The van der Waals surface area contributed by atoms with Crippen molar-refractivity contribution >= 4 is 11.7 Å². The third kappa shape index (κ3) is 2.87. The van der Waals surface area contributed by atoms with Crippen LogP contribution < -0.4 is 5.73 Å². The highest BCUT2D eigenvalue weighted by Gasteiger charge is 2.17. The highest BCUT2D eigenvalue weighted by Crippen LogP contribution is 2.23. The van der Waals surface area contributed by atoms with Crippen molar-refractivity contribution in [3.05, 3.63) is 23.0 Å². The number of carbonyl (C=O) groups is 1. The van der Waals surface area contributed by atoms with Crippen LogP contribution in [0.25, 0.3) is 0 Å². The van der Waals surface area contributed by atoms with Crippen LogP contribution in [-0.2, 0) is 16.0 Å². The van der Waals surface area contributed by atoms with Crippen molar-refractivity contribution in [3.63, 3.8) is 0 Å². The smallest absolute Gasteiger partial charge is 0.311 e. The maximum Gasteiger partial charge on any atom is 0.311 e. The first-order valence-electron chi connectivity index (χ1n) is 4.54. The van der Waals surface area contributed by atoms with Crippen LogP contribution >= 0.6 is 0 Å². The van der Waals surface area contributed by atoms with Gasteiger partial charge in [0.25, 0.3) is 6.43 Å². The van der Waals surface area contributed by atoms with Gasteiger partial charge in [0.1, 0.15) is 11.8 Å². The van der Waals surface area contributed by atoms with E-state index < -0.39 is 18.1 Å². The van der Waals surface area contributed by atoms with Crippen LogP contribution in [0.15, 0.2) is 6.07 Å². The molecule has 0 bridgehead atoms. The lowest BCUT2D eigenvalue weighted by molar-refractivity contribution is -0.139. The van der Waals surface area contributed by atoms with Crippen molar-refractivity contribution in [1.29, 1.82) is 5.26 Å². The minimum atomic E-state index is -2.83. The minimum Gasteiger partial charge on any atom is -0.469 e. The molecule has 0 fully saturated rings. The molecule has 2 N–H and O–H groups in total. The summed E-state index contributed by atoms with van der Waals surface area (Å²) in [4.78, 5) is 14.6. The second-order valence-electron chi connectivity index (χ2n) is 3.12. The standard InChI is InChI=1S/C10H9F2N3O2/c1-17-8(16)3-6-9(14)5(4-13)2-7(15-6)10(11)12/h2,10H,3,14H2,1H3. The zero-order valence-corrected chi connectivity index (χ0v) is 8.91. The summed E-state index contributed by atoms with van der Waals surface area (Å²) in [5.74, 6) is -0.667. The van der Waals surface area contributed by atoms with E-state index in [-0.39, 0.29) is 23.4 Å². The summed E-state index contributed by atoms with van der Waals surface area (Å²) in [7, 11) is 1.15. The van der Waals surface area contributed by atoms with E-state index >= 15 is 0 Å². The molecule has 1 aromatic heterocycles. The molecule has 0 unspecified atom stereocenters. The average Bonchev–Trinajstić information content (AvgIpc) is 2.31. The fourth-order valence-electron chi connectivity index (χ4n) is 1.18. The Morgan fingerprint density at radius 1 is 1.71 bits per heavy atom. The molecule has 0 aliphatic heterocycles. The van der Waals surface area contributed by atoms with Gasteiger partial charge in [-0.25, -0.2) is 13.8 Å². The molecular formula is C10H9F2N3O2. The van der Waals surface area contributed by atoms with E-state index in [2.05, 4.69) is 9.72 Å². The molecule has 0 aromatic carbocycles. The van der Waals surface area contributed by atoms with Crippen molar-refractivity contribution in [2.45, 2.75) is 12.8 Å². The minimum absolute atomic E-state index is 0.0776. The molecule has 0 amide bonds. The predicted octanol–water partition coefficient (Wildman–Crippen LogP) is 1.19. The van der Waals surface area contributed by atoms with Crippen molar-refractivity contribution in [1.82, 2.24) is 4.98 Å². The number of esters is 1. The van der Waals surface area contributed by atoms with Crippen molar-refractivity contribution in [2.75, 3.05) is 12.8 Å². The number of pyridine rings is 1. The summed E-state index contributed by atoms with van der Waals surface area (Å²) < 4.78 is 29.3. The van der Waals surface area contributed by atoms with Crippen molar-refractivity contribution < 1.29 is 18.3 Å². The molecule has 0 saturated heterocycles. The Kier molecular flexibility index (Phi) is 3.93. The van der Waals surface area contributed by atoms with E-state index in [1.54, 1.807) is 6.07 Å². The van der Waals surface area contributed by atoms with Gasteiger partial charge >= 0.3 is 5.97 Å². The van der Waals surface area contributed by atoms with Crippen LogP contribution in [0.5, 0.6) is 0 Å². The summed E-state index contributed by atoms with van der Waals surface area (Å²) >= 11 is 0. The second-order valence-corrected chi connectivity index (χ2v) is 3.12. The monoisotopic (exact) mass is 241 g/mol. The summed E-state index contributed by atoms with van der Waals surface area (Å²) in [5, 5.41) is 8.72. The van der Waals surface area contributed by atoms with Gasteiger partial charge in [0.15, 0.2) is 0 Å². The Bertz CT molecular complexity index is 483. The van der Waals surface area contributed by atoms with E-state index in [0.717, 1.165) is 13.2 Å². The fourth-order valence-corrected chi connectivity index (χ4v) is 1.18. The Morgan fingerprint density at radius 3 is 2.82 bits per heavy atom. The average molecular weight is 241 g/mol. The zero-order valence-electron chi connectivity index (χ0n) is 8.91. The highest BCUT2D eigenvalue weighted by atomic mass is 19.3. The number of alkyl halides is 2. The number of halogens is 2. The molecule has 0 spiro atoms. The maximum absolute atomic E-state index is 12.5. The predicted molar refractivity (Wildman–Crippen MR) is 54.0 cm³/mol. The molecule has 17 heavy (non-hydrogen) atoms. The lowest BCUT2D eigenvalue weighted by atomic mass is 10.1. The summed E-state index contributed by atoms with van der Waals surface area (Å²) in [5.41, 5.74) is 4.65. The molecule has 7 heteroatoms. The van der Waals surface area contributed by atoms with Gasteiger partial charge in [0, 0.05) is 0 Å². The number of nitriles is 1. The van der Waals surface area contributed by atoms with Crippen LogP contribution in [-0.4, -0.2) is 18.1 Å². The normalized spacial score (nSPS) is 10.1. The van der Waals surface area contributed by atoms with Gasteiger partial charge in [0.05, 0.1) is 30.5 Å². The number of anilines is 1. The van der Waals surface area contributed by atoms with Crippen molar-refractivity contribution in [2.24, 2.45) is 0 Å². The summed E-state index contributed by atoms with van der Waals surface area (Å²) in [6.45, 7) is 0. The van der Waals surface area contributed by atoms with Gasteiger partial charge < -0.3 is 10.5 Å². The number of aromatic nitrogens is 1. The van der Waals surface area contributed by atoms with Crippen LogP contribution in [0, 0.1) is 11.3 Å². The number of hydrogen-bond donors (Lipinski definition) is 1.